The highest BCUT2D eigenvalue weighted by Gasteiger charge is 2.06. The number of hydrogen-bond donors (Lipinski definition) is 1. The highest BCUT2D eigenvalue weighted by atomic mass is 14.5. The molecule has 2 N–H and O–H groups in total. The predicted molar refractivity (Wildman–Crippen MR) is 40.2 cm³/mol. The van der Waals surface area contributed by atoms with Gasteiger partial charge in [0.1, 0.15) is 0 Å². The van der Waals surface area contributed by atoms with Crippen LogP contribution in [0.1, 0.15) is 25.7 Å². The first-order valence-corrected chi connectivity index (χ1v) is 3.80. The number of nitrogens with two attached hydrogens (primary N) is 1. The molecular weight excluding hydrogens is 110 g/mol. The summed E-state index contributed by atoms with van der Waals surface area (Å²) in [5.74, 6) is 0.855. The van der Waals surface area contributed by atoms with Crippen LogP contribution in [0.15, 0.2) is 12.2 Å². The molecule has 1 nitrogen and oxygen atoms in total. The van der Waals surface area contributed by atoms with Crippen LogP contribution in [0.5, 0.6) is 0 Å². The molecule has 0 spiro atoms. The van der Waals surface area contributed by atoms with Crippen LogP contribution in [-0.4, -0.2) is 6.54 Å². The molecule has 0 aliphatic heterocycles. The molecule has 0 amide bonds. The molecule has 9 heavy (non-hydrogen) atoms. The van der Waals surface area contributed by atoms with Crippen molar-refractivity contribution >= 4 is 0 Å². The van der Waals surface area contributed by atoms with Crippen molar-refractivity contribution in [2.24, 2.45) is 11.7 Å². The molecule has 0 aromatic carbocycles. The van der Waals surface area contributed by atoms with Gasteiger partial charge in [-0.25, -0.2) is 0 Å². The fourth-order valence-electron chi connectivity index (χ4n) is 1.32. The highest BCUT2D eigenvalue weighted by Crippen LogP contribution is 2.20. The number of rotatable bonds is 3. The minimum Gasteiger partial charge on any atom is -0.330 e. The average molecular weight is 125 g/mol. The fourth-order valence-corrected chi connectivity index (χ4v) is 1.32. The van der Waals surface area contributed by atoms with Crippen LogP contribution in [0, 0.1) is 5.92 Å². The maximum Gasteiger partial charge on any atom is -0.00771 e. The van der Waals surface area contributed by atoms with Crippen LogP contribution >= 0.6 is 0 Å². The summed E-state index contributed by atoms with van der Waals surface area (Å²) in [6.45, 7) is 0.852. The van der Waals surface area contributed by atoms with Crippen LogP contribution in [0.3, 0.4) is 0 Å². The van der Waals surface area contributed by atoms with Crippen molar-refractivity contribution in [3.8, 4) is 0 Å². The first kappa shape index (κ1) is 6.81. The summed E-state index contributed by atoms with van der Waals surface area (Å²) in [6.07, 6.45) is 9.74. The smallest absolute Gasteiger partial charge is 0.00771 e. The second kappa shape index (κ2) is 3.67. The van der Waals surface area contributed by atoms with Crippen molar-refractivity contribution < 1.29 is 0 Å². The standard InChI is InChI=1S/C8H15N/c9-7-3-6-8-4-1-2-5-8/h1,4,8H,2-3,5-7,9H2. The molecule has 1 atom stereocenters. The molecule has 1 unspecified atom stereocenters. The Kier molecular flexibility index (Phi) is 2.78. The van der Waals surface area contributed by atoms with Crippen molar-refractivity contribution in [2.75, 3.05) is 6.54 Å². The van der Waals surface area contributed by atoms with Gasteiger partial charge in [-0.2, -0.15) is 0 Å². The molecule has 0 fully saturated rings. The van der Waals surface area contributed by atoms with E-state index < -0.39 is 0 Å². The van der Waals surface area contributed by atoms with Crippen LogP contribution in [0.2, 0.25) is 0 Å². The lowest BCUT2D eigenvalue weighted by Crippen LogP contribution is -2.01. The van der Waals surface area contributed by atoms with Gasteiger partial charge in [0, 0.05) is 0 Å². The SMILES string of the molecule is NCCCC1C=CCC1. The van der Waals surface area contributed by atoms with Gasteiger partial charge in [0.15, 0.2) is 0 Å². The lowest BCUT2D eigenvalue weighted by Gasteiger charge is -2.03. The van der Waals surface area contributed by atoms with Crippen molar-refractivity contribution in [3.05, 3.63) is 12.2 Å². The van der Waals surface area contributed by atoms with Crippen LogP contribution < -0.4 is 5.73 Å². The van der Waals surface area contributed by atoms with Gasteiger partial charge >= 0.3 is 0 Å². The lowest BCUT2D eigenvalue weighted by atomic mass is 10.0. The zero-order valence-electron chi connectivity index (χ0n) is 5.84. The summed E-state index contributed by atoms with van der Waals surface area (Å²) in [6, 6.07) is 0. The molecule has 0 heterocycles. The minimum absolute atomic E-state index is 0.852. The maximum atomic E-state index is 5.38. The van der Waals surface area contributed by atoms with Gasteiger partial charge < -0.3 is 5.73 Å². The van der Waals surface area contributed by atoms with E-state index in [0.29, 0.717) is 0 Å². The Bertz CT molecular complexity index is 96.7. The Labute approximate surface area is 56.9 Å². The summed E-state index contributed by atoms with van der Waals surface area (Å²) in [4.78, 5) is 0. The summed E-state index contributed by atoms with van der Waals surface area (Å²) in [5.41, 5.74) is 5.38. The van der Waals surface area contributed by atoms with E-state index in [1.165, 1.54) is 25.7 Å². The Hall–Kier alpha value is -0.300. The van der Waals surface area contributed by atoms with Gasteiger partial charge in [0.2, 0.25) is 0 Å². The largest absolute Gasteiger partial charge is 0.330 e. The molecule has 0 saturated heterocycles. The first-order valence-electron chi connectivity index (χ1n) is 3.80. The van der Waals surface area contributed by atoms with Gasteiger partial charge in [0.25, 0.3) is 0 Å². The molecule has 0 aromatic heterocycles. The Morgan fingerprint density at radius 1 is 1.56 bits per heavy atom. The van der Waals surface area contributed by atoms with Crippen molar-refractivity contribution in [1.82, 2.24) is 0 Å². The quantitative estimate of drug-likeness (QED) is 0.571. The predicted octanol–water partition coefficient (Wildman–Crippen LogP) is 1.69. The third kappa shape index (κ3) is 2.19. The highest BCUT2D eigenvalue weighted by molar-refractivity contribution is 4.95. The van der Waals surface area contributed by atoms with E-state index in [2.05, 4.69) is 12.2 Å². The van der Waals surface area contributed by atoms with Gasteiger partial charge in [-0.15, -0.1) is 0 Å². The van der Waals surface area contributed by atoms with E-state index in [-0.39, 0.29) is 0 Å². The molecular formula is C8H15N. The normalized spacial score (nSPS) is 25.2. The Morgan fingerprint density at radius 2 is 2.44 bits per heavy atom. The third-order valence-corrected chi connectivity index (χ3v) is 1.89. The van der Waals surface area contributed by atoms with Crippen LogP contribution in [-0.2, 0) is 0 Å². The van der Waals surface area contributed by atoms with E-state index >= 15 is 0 Å². The van der Waals surface area contributed by atoms with E-state index in [0.717, 1.165) is 12.5 Å². The summed E-state index contributed by atoms with van der Waals surface area (Å²) < 4.78 is 0. The summed E-state index contributed by atoms with van der Waals surface area (Å²) >= 11 is 0. The first-order chi connectivity index (χ1) is 4.43. The molecule has 0 bridgehead atoms. The second-order valence-corrected chi connectivity index (χ2v) is 2.70. The summed E-state index contributed by atoms with van der Waals surface area (Å²) in [7, 11) is 0. The van der Waals surface area contributed by atoms with Crippen LogP contribution in [0.4, 0.5) is 0 Å². The number of hydrogen-bond acceptors (Lipinski definition) is 1. The molecule has 1 aliphatic rings. The van der Waals surface area contributed by atoms with Crippen molar-refractivity contribution in [2.45, 2.75) is 25.7 Å². The second-order valence-electron chi connectivity index (χ2n) is 2.70. The molecule has 1 heteroatoms. The fraction of sp³-hybridized carbons (Fsp3) is 0.750. The van der Waals surface area contributed by atoms with Crippen molar-refractivity contribution in [3.63, 3.8) is 0 Å². The van der Waals surface area contributed by atoms with E-state index in [9.17, 15) is 0 Å². The molecule has 0 aromatic rings. The topological polar surface area (TPSA) is 26.0 Å². The van der Waals surface area contributed by atoms with E-state index in [4.69, 9.17) is 5.73 Å². The monoisotopic (exact) mass is 125 g/mol. The molecule has 52 valence electrons. The molecule has 0 saturated carbocycles. The van der Waals surface area contributed by atoms with E-state index in [1.54, 1.807) is 0 Å². The van der Waals surface area contributed by atoms with Crippen LogP contribution in [0.25, 0.3) is 0 Å². The number of allylic oxidation sites excluding steroid dienone is 2. The third-order valence-electron chi connectivity index (χ3n) is 1.89. The Morgan fingerprint density at radius 3 is 3.00 bits per heavy atom. The minimum atomic E-state index is 0.852. The Balaban J connectivity index is 2.05. The zero-order valence-corrected chi connectivity index (χ0v) is 5.84. The average Bonchev–Trinajstić information content (AvgIpc) is 2.34. The molecule has 1 aliphatic carbocycles. The van der Waals surface area contributed by atoms with Gasteiger partial charge in [0.05, 0.1) is 0 Å². The zero-order chi connectivity index (χ0) is 6.53. The van der Waals surface area contributed by atoms with Gasteiger partial charge in [-0.1, -0.05) is 12.2 Å². The maximum absolute atomic E-state index is 5.38. The van der Waals surface area contributed by atoms with Crippen molar-refractivity contribution in [1.29, 1.82) is 0 Å². The van der Waals surface area contributed by atoms with Gasteiger partial charge in [-0.05, 0) is 38.1 Å². The van der Waals surface area contributed by atoms with Gasteiger partial charge in [-0.3, -0.25) is 0 Å². The molecule has 1 rings (SSSR count). The lowest BCUT2D eigenvalue weighted by molar-refractivity contribution is 0.556. The molecule has 0 radical (unpaired) electrons. The van der Waals surface area contributed by atoms with E-state index in [1.807, 2.05) is 0 Å². The summed E-state index contributed by atoms with van der Waals surface area (Å²) in [5, 5.41) is 0.